The van der Waals surface area contributed by atoms with Crippen LogP contribution in [0.4, 0.5) is 4.79 Å². The van der Waals surface area contributed by atoms with Crippen molar-refractivity contribution in [1.82, 2.24) is 5.32 Å². The molecule has 3 rings (SSSR count). The number of amides is 1. The molecule has 1 aliphatic carbocycles. The largest absolute Gasteiger partial charge is 0.467 e. The zero-order chi connectivity index (χ0) is 21.5. The number of rotatable bonds is 8. The highest BCUT2D eigenvalue weighted by Gasteiger charge is 2.30. The second-order valence-corrected chi connectivity index (χ2v) is 6.72. The van der Waals surface area contributed by atoms with Crippen molar-refractivity contribution in [2.75, 3.05) is 20.3 Å². The first-order valence-electron chi connectivity index (χ1n) is 9.51. The summed E-state index contributed by atoms with van der Waals surface area (Å²) < 4.78 is 14.9. The molecule has 7 nitrogen and oxygen atoms in total. The molecule has 1 amide bonds. The van der Waals surface area contributed by atoms with E-state index in [-0.39, 0.29) is 25.6 Å². The molecule has 0 saturated carbocycles. The Morgan fingerprint density at radius 1 is 1.03 bits per heavy atom. The van der Waals surface area contributed by atoms with E-state index in [0.717, 1.165) is 22.3 Å². The smallest absolute Gasteiger partial charge is 0.407 e. The molecule has 1 N–H and O–H groups in total. The normalized spacial score (nSPS) is 12.8. The Hall–Kier alpha value is -3.61. The van der Waals surface area contributed by atoms with Crippen molar-refractivity contribution in [2.24, 2.45) is 0 Å². The summed E-state index contributed by atoms with van der Waals surface area (Å²) in [6.07, 6.45) is 0.220. The predicted molar refractivity (Wildman–Crippen MR) is 110 cm³/mol. The highest BCUT2D eigenvalue weighted by Crippen LogP contribution is 2.44. The standard InChI is InChI=1S/C23H23NO6/c1-3-12-29-21(25)13-20(22(26)28-2)24-23(27)30-14-19-17-10-6-4-8-15(17)16-9-5-7-11-18(16)19/h3-11,19-20H,1,12-14H2,2H3,(H,24,27)/t20-/m1/s1. The Morgan fingerprint density at radius 3 is 2.20 bits per heavy atom. The summed E-state index contributed by atoms with van der Waals surface area (Å²) >= 11 is 0. The lowest BCUT2D eigenvalue weighted by Gasteiger charge is -2.18. The lowest BCUT2D eigenvalue weighted by atomic mass is 9.98. The fourth-order valence-electron chi connectivity index (χ4n) is 3.50. The number of methoxy groups -OCH3 is 1. The number of hydrogen-bond donors (Lipinski definition) is 1. The summed E-state index contributed by atoms with van der Waals surface area (Å²) in [7, 11) is 1.17. The van der Waals surface area contributed by atoms with Crippen molar-refractivity contribution >= 4 is 18.0 Å². The molecule has 1 aliphatic rings. The van der Waals surface area contributed by atoms with E-state index < -0.39 is 24.1 Å². The van der Waals surface area contributed by atoms with Crippen LogP contribution in [0.1, 0.15) is 23.5 Å². The van der Waals surface area contributed by atoms with Crippen molar-refractivity contribution in [2.45, 2.75) is 18.4 Å². The van der Waals surface area contributed by atoms with Gasteiger partial charge in [-0.1, -0.05) is 61.2 Å². The molecule has 0 bridgehead atoms. The average molecular weight is 409 g/mol. The molecule has 0 unspecified atom stereocenters. The van der Waals surface area contributed by atoms with E-state index in [4.69, 9.17) is 9.47 Å². The molecule has 0 fully saturated rings. The van der Waals surface area contributed by atoms with Crippen molar-refractivity contribution in [3.8, 4) is 11.1 Å². The van der Waals surface area contributed by atoms with Crippen LogP contribution in [0.3, 0.4) is 0 Å². The minimum Gasteiger partial charge on any atom is -0.467 e. The molecule has 7 heteroatoms. The quantitative estimate of drug-likeness (QED) is 0.409. The summed E-state index contributed by atoms with van der Waals surface area (Å²) in [5.41, 5.74) is 4.37. The number of carbonyl (C=O) groups is 3. The van der Waals surface area contributed by atoms with Gasteiger partial charge in [-0.25, -0.2) is 9.59 Å². The van der Waals surface area contributed by atoms with E-state index >= 15 is 0 Å². The maximum atomic E-state index is 12.3. The third-order valence-corrected chi connectivity index (χ3v) is 4.85. The summed E-state index contributed by atoms with van der Waals surface area (Å²) in [6.45, 7) is 3.55. The number of nitrogens with one attached hydrogen (secondary N) is 1. The Balaban J connectivity index is 1.65. The van der Waals surface area contributed by atoms with Gasteiger partial charge in [0.25, 0.3) is 0 Å². The maximum absolute atomic E-state index is 12.3. The SMILES string of the molecule is C=CCOC(=O)C[C@@H](NC(=O)OCC1c2ccccc2-c2ccccc21)C(=O)OC. The van der Waals surface area contributed by atoms with Gasteiger partial charge in [0, 0.05) is 5.92 Å². The van der Waals surface area contributed by atoms with E-state index in [0.29, 0.717) is 0 Å². The molecule has 30 heavy (non-hydrogen) atoms. The van der Waals surface area contributed by atoms with Gasteiger partial charge >= 0.3 is 18.0 Å². The number of ether oxygens (including phenoxy) is 3. The Labute approximate surface area is 174 Å². The lowest BCUT2D eigenvalue weighted by Crippen LogP contribution is -2.43. The first-order valence-corrected chi connectivity index (χ1v) is 9.51. The number of hydrogen-bond acceptors (Lipinski definition) is 6. The van der Waals surface area contributed by atoms with E-state index in [1.165, 1.54) is 13.2 Å². The van der Waals surface area contributed by atoms with Crippen LogP contribution in [0.25, 0.3) is 11.1 Å². The number of benzene rings is 2. The van der Waals surface area contributed by atoms with Crippen LogP contribution < -0.4 is 5.32 Å². The zero-order valence-electron chi connectivity index (χ0n) is 16.6. The topological polar surface area (TPSA) is 90.9 Å². The molecule has 2 aromatic carbocycles. The number of esters is 2. The van der Waals surface area contributed by atoms with Gasteiger partial charge < -0.3 is 19.5 Å². The summed E-state index contributed by atoms with van der Waals surface area (Å²) in [5.74, 6) is -1.54. The van der Waals surface area contributed by atoms with Gasteiger partial charge in [-0.15, -0.1) is 0 Å². The van der Waals surface area contributed by atoms with Gasteiger partial charge in [0.05, 0.1) is 13.5 Å². The fraction of sp³-hybridized carbons (Fsp3) is 0.261. The third kappa shape index (κ3) is 4.68. The van der Waals surface area contributed by atoms with Crippen LogP contribution in [0.15, 0.2) is 61.2 Å². The molecule has 0 spiro atoms. The second-order valence-electron chi connectivity index (χ2n) is 6.72. The van der Waals surface area contributed by atoms with E-state index in [2.05, 4.69) is 16.6 Å². The van der Waals surface area contributed by atoms with Crippen molar-refractivity contribution in [3.05, 3.63) is 72.3 Å². The maximum Gasteiger partial charge on any atom is 0.407 e. The Bertz CT molecular complexity index is 909. The van der Waals surface area contributed by atoms with E-state index in [1.54, 1.807) is 0 Å². The lowest BCUT2D eigenvalue weighted by molar-refractivity contribution is -0.150. The van der Waals surface area contributed by atoms with Gasteiger partial charge in [0.1, 0.15) is 19.3 Å². The van der Waals surface area contributed by atoms with Crippen LogP contribution in [-0.4, -0.2) is 44.4 Å². The number of carbonyl (C=O) groups excluding carboxylic acids is 3. The first kappa shape index (κ1) is 21.1. The van der Waals surface area contributed by atoms with Crippen LogP contribution in [0.5, 0.6) is 0 Å². The Morgan fingerprint density at radius 2 is 1.63 bits per heavy atom. The predicted octanol–water partition coefficient (Wildman–Crippen LogP) is 3.19. The summed E-state index contributed by atoms with van der Waals surface area (Å²) in [5, 5.41) is 2.38. The van der Waals surface area contributed by atoms with Crippen molar-refractivity contribution in [3.63, 3.8) is 0 Å². The van der Waals surface area contributed by atoms with Gasteiger partial charge in [0.15, 0.2) is 0 Å². The molecule has 1 atom stereocenters. The number of alkyl carbamates (subject to hydrolysis) is 1. The molecule has 0 heterocycles. The van der Waals surface area contributed by atoms with Gasteiger partial charge in [0.2, 0.25) is 0 Å². The minimum absolute atomic E-state index is 0.0116. The molecule has 156 valence electrons. The number of fused-ring (bicyclic) bond motifs is 3. The summed E-state index contributed by atoms with van der Waals surface area (Å²) in [4.78, 5) is 36.1. The van der Waals surface area contributed by atoms with Crippen molar-refractivity contribution < 1.29 is 28.6 Å². The molecule has 0 aliphatic heterocycles. The third-order valence-electron chi connectivity index (χ3n) is 4.85. The van der Waals surface area contributed by atoms with Crippen LogP contribution in [-0.2, 0) is 23.8 Å². The zero-order valence-corrected chi connectivity index (χ0v) is 16.6. The molecular formula is C23H23NO6. The highest BCUT2D eigenvalue weighted by molar-refractivity contribution is 5.86. The van der Waals surface area contributed by atoms with Crippen LogP contribution in [0, 0.1) is 0 Å². The molecule has 0 aromatic heterocycles. The fourth-order valence-corrected chi connectivity index (χ4v) is 3.50. The van der Waals surface area contributed by atoms with Gasteiger partial charge in [-0.2, -0.15) is 0 Å². The van der Waals surface area contributed by atoms with Crippen LogP contribution in [0.2, 0.25) is 0 Å². The summed E-state index contributed by atoms with van der Waals surface area (Å²) in [6, 6.07) is 14.7. The minimum atomic E-state index is -1.21. The van der Waals surface area contributed by atoms with Gasteiger partial charge in [-0.3, -0.25) is 4.79 Å². The monoisotopic (exact) mass is 409 g/mol. The Kier molecular flexibility index (Phi) is 6.85. The molecular weight excluding hydrogens is 386 g/mol. The highest BCUT2D eigenvalue weighted by atomic mass is 16.6. The van der Waals surface area contributed by atoms with Crippen LogP contribution >= 0.6 is 0 Å². The molecule has 0 radical (unpaired) electrons. The van der Waals surface area contributed by atoms with E-state index in [9.17, 15) is 14.4 Å². The molecule has 0 saturated heterocycles. The molecule has 2 aromatic rings. The second kappa shape index (κ2) is 9.73. The van der Waals surface area contributed by atoms with Crippen molar-refractivity contribution in [1.29, 1.82) is 0 Å². The van der Waals surface area contributed by atoms with Gasteiger partial charge in [-0.05, 0) is 22.3 Å². The first-order chi connectivity index (χ1) is 14.5. The average Bonchev–Trinajstić information content (AvgIpc) is 3.09. The van der Waals surface area contributed by atoms with E-state index in [1.807, 2.05) is 48.5 Å².